The third kappa shape index (κ3) is 3.36. The number of aryl methyl sites for hydroxylation is 2. The average Bonchev–Trinajstić information content (AvgIpc) is 2.92. The number of hydrogen-bond acceptors (Lipinski definition) is 2. The summed E-state index contributed by atoms with van der Waals surface area (Å²) in [4.78, 5) is 15.2. The summed E-state index contributed by atoms with van der Waals surface area (Å²) in [5.74, 6) is 0.167. The fourth-order valence-electron chi connectivity index (χ4n) is 3.83. The van der Waals surface area contributed by atoms with Gasteiger partial charge in [-0.1, -0.05) is 20.8 Å². The Balaban J connectivity index is 2.19. The van der Waals surface area contributed by atoms with Crippen molar-refractivity contribution >= 4 is 5.91 Å². The first-order chi connectivity index (χ1) is 10.1. The van der Waals surface area contributed by atoms with E-state index in [1.165, 1.54) is 0 Å². The smallest absolute Gasteiger partial charge is 0.230 e. The third-order valence-corrected chi connectivity index (χ3v) is 4.88. The first-order valence-corrected chi connectivity index (χ1v) is 8.42. The fourth-order valence-corrected chi connectivity index (χ4v) is 3.83. The summed E-state index contributed by atoms with van der Waals surface area (Å²) in [6.45, 7) is 13.8. The number of hydrogen-bond donors (Lipinski definition) is 0. The molecular formula is C18H31N3O. The number of likely N-dealkylation sites (tertiary alicyclic amines) is 1. The van der Waals surface area contributed by atoms with Gasteiger partial charge in [-0.15, -0.1) is 0 Å². The predicted octanol–water partition coefficient (Wildman–Crippen LogP) is 3.57. The number of carbonyl (C=O) groups is 1. The summed E-state index contributed by atoms with van der Waals surface area (Å²) < 4.78 is 1.88. The minimum atomic E-state index is -0.103. The van der Waals surface area contributed by atoms with Crippen LogP contribution in [0.2, 0.25) is 0 Å². The second kappa shape index (κ2) is 6.05. The highest BCUT2D eigenvalue weighted by Gasteiger charge is 2.35. The molecule has 0 aromatic carbocycles. The van der Waals surface area contributed by atoms with Crippen molar-refractivity contribution in [3.8, 4) is 0 Å². The number of amides is 1. The Morgan fingerprint density at radius 1 is 1.36 bits per heavy atom. The van der Waals surface area contributed by atoms with Gasteiger partial charge in [0.15, 0.2) is 0 Å². The maximum Gasteiger partial charge on any atom is 0.230 e. The van der Waals surface area contributed by atoms with Gasteiger partial charge in [0.25, 0.3) is 0 Å². The highest BCUT2D eigenvalue weighted by Crippen LogP contribution is 2.33. The lowest BCUT2D eigenvalue weighted by Gasteiger charge is -2.32. The normalized spacial score (nSPS) is 20.5. The maximum absolute atomic E-state index is 13.0. The van der Waals surface area contributed by atoms with E-state index in [-0.39, 0.29) is 17.2 Å². The molecular weight excluding hydrogens is 274 g/mol. The van der Waals surface area contributed by atoms with E-state index < -0.39 is 0 Å². The van der Waals surface area contributed by atoms with Crippen LogP contribution in [0.15, 0.2) is 0 Å². The van der Waals surface area contributed by atoms with Crippen molar-refractivity contribution in [2.45, 2.75) is 72.8 Å². The molecule has 0 bridgehead atoms. The van der Waals surface area contributed by atoms with Crippen molar-refractivity contribution < 1.29 is 4.79 Å². The highest BCUT2D eigenvalue weighted by molar-refractivity contribution is 5.84. The van der Waals surface area contributed by atoms with Crippen molar-refractivity contribution in [1.82, 2.24) is 14.7 Å². The van der Waals surface area contributed by atoms with Gasteiger partial charge in [0.05, 0.1) is 11.6 Å². The number of carbonyl (C=O) groups excluding carboxylic acids is 1. The zero-order valence-corrected chi connectivity index (χ0v) is 15.2. The molecule has 1 aliphatic rings. The first kappa shape index (κ1) is 17.0. The molecule has 0 aliphatic carbocycles. The Morgan fingerprint density at radius 2 is 2.00 bits per heavy atom. The van der Waals surface area contributed by atoms with Crippen LogP contribution in [0.1, 0.15) is 69.8 Å². The molecule has 22 heavy (non-hydrogen) atoms. The lowest BCUT2D eigenvalue weighted by Crippen LogP contribution is -2.40. The van der Waals surface area contributed by atoms with Crippen LogP contribution in [0.4, 0.5) is 0 Å². The van der Waals surface area contributed by atoms with Crippen LogP contribution in [0.25, 0.3) is 0 Å². The van der Waals surface area contributed by atoms with Crippen molar-refractivity contribution in [3.63, 3.8) is 0 Å². The van der Waals surface area contributed by atoms with Gasteiger partial charge in [0.1, 0.15) is 0 Å². The molecule has 1 saturated heterocycles. The van der Waals surface area contributed by atoms with Gasteiger partial charge < -0.3 is 4.90 Å². The molecule has 2 rings (SSSR count). The second-order valence-corrected chi connectivity index (χ2v) is 8.02. The maximum atomic E-state index is 13.0. The van der Waals surface area contributed by atoms with Crippen LogP contribution >= 0.6 is 0 Å². The van der Waals surface area contributed by atoms with Crippen LogP contribution in [0.5, 0.6) is 0 Å². The van der Waals surface area contributed by atoms with Crippen LogP contribution in [-0.4, -0.2) is 33.2 Å². The molecule has 1 aliphatic heterocycles. The Bertz CT molecular complexity index is 553. The van der Waals surface area contributed by atoms with Gasteiger partial charge in [-0.2, -0.15) is 5.10 Å². The van der Waals surface area contributed by atoms with E-state index in [9.17, 15) is 4.79 Å². The molecule has 124 valence electrons. The topological polar surface area (TPSA) is 38.1 Å². The summed E-state index contributed by atoms with van der Waals surface area (Å²) >= 11 is 0. The fraction of sp³-hybridized carbons (Fsp3) is 0.778. The molecule has 1 amide bonds. The van der Waals surface area contributed by atoms with E-state index in [1.807, 2.05) is 25.6 Å². The molecule has 0 saturated carbocycles. The summed E-state index contributed by atoms with van der Waals surface area (Å²) in [5.41, 5.74) is 3.45. The first-order valence-electron chi connectivity index (χ1n) is 8.42. The van der Waals surface area contributed by atoms with Crippen molar-refractivity contribution in [2.75, 3.05) is 6.54 Å². The number of aromatic nitrogens is 2. The molecule has 0 radical (unpaired) electrons. The number of nitrogens with zero attached hydrogens (tertiary/aromatic N) is 3. The summed E-state index contributed by atoms with van der Waals surface area (Å²) in [5, 5.41) is 4.47. The Kier molecular flexibility index (Phi) is 4.69. The second-order valence-electron chi connectivity index (χ2n) is 8.02. The van der Waals surface area contributed by atoms with Gasteiger partial charge in [-0.05, 0) is 45.4 Å². The lowest BCUT2D eigenvalue weighted by molar-refractivity contribution is -0.133. The van der Waals surface area contributed by atoms with Gasteiger partial charge in [-0.25, -0.2) is 0 Å². The van der Waals surface area contributed by atoms with E-state index in [1.54, 1.807) is 0 Å². The van der Waals surface area contributed by atoms with Crippen LogP contribution in [0.3, 0.4) is 0 Å². The SMILES string of the molecule is Cc1nn(C)c(C)c1[C@@H](C)C(=O)N1CCC[C@H]1CC(C)(C)C. The van der Waals surface area contributed by atoms with Gasteiger partial charge in [0.2, 0.25) is 5.91 Å². The zero-order chi connectivity index (χ0) is 16.7. The summed E-state index contributed by atoms with van der Waals surface area (Å²) in [7, 11) is 1.95. The lowest BCUT2D eigenvalue weighted by atomic mass is 9.87. The van der Waals surface area contributed by atoms with Crippen molar-refractivity contribution in [3.05, 3.63) is 17.0 Å². The Labute approximate surface area is 134 Å². The van der Waals surface area contributed by atoms with Gasteiger partial charge >= 0.3 is 0 Å². The minimum absolute atomic E-state index is 0.103. The number of rotatable bonds is 3. The third-order valence-electron chi connectivity index (χ3n) is 4.88. The molecule has 4 nitrogen and oxygen atoms in total. The molecule has 0 spiro atoms. The van der Waals surface area contributed by atoms with Crippen LogP contribution < -0.4 is 0 Å². The molecule has 1 fully saturated rings. The van der Waals surface area contributed by atoms with Gasteiger partial charge in [0, 0.05) is 30.9 Å². The van der Waals surface area contributed by atoms with Crippen LogP contribution in [-0.2, 0) is 11.8 Å². The quantitative estimate of drug-likeness (QED) is 0.856. The highest BCUT2D eigenvalue weighted by atomic mass is 16.2. The Hall–Kier alpha value is -1.32. The summed E-state index contributed by atoms with van der Waals surface area (Å²) in [6.07, 6.45) is 3.35. The van der Waals surface area contributed by atoms with E-state index in [0.29, 0.717) is 6.04 Å². The minimum Gasteiger partial charge on any atom is -0.339 e. The van der Waals surface area contributed by atoms with Gasteiger partial charge in [-0.3, -0.25) is 9.48 Å². The standard InChI is InChI=1S/C18H31N3O/c1-12(16-13(2)19-20(7)14(16)3)17(22)21-10-8-9-15(21)11-18(4,5)6/h12,15H,8-11H2,1-7H3/t12-,15+/m1/s1. The van der Waals surface area contributed by atoms with Crippen LogP contribution in [0, 0.1) is 19.3 Å². The summed E-state index contributed by atoms with van der Waals surface area (Å²) in [6, 6.07) is 0.396. The van der Waals surface area contributed by atoms with Crippen molar-refractivity contribution in [1.29, 1.82) is 0 Å². The average molecular weight is 305 g/mol. The largest absolute Gasteiger partial charge is 0.339 e. The predicted molar refractivity (Wildman–Crippen MR) is 89.9 cm³/mol. The van der Waals surface area contributed by atoms with E-state index in [2.05, 4.69) is 37.7 Å². The molecule has 0 unspecified atom stereocenters. The molecule has 4 heteroatoms. The molecule has 1 aromatic heterocycles. The molecule has 1 aromatic rings. The monoisotopic (exact) mass is 305 g/mol. The molecule has 2 atom stereocenters. The van der Waals surface area contributed by atoms with Crippen molar-refractivity contribution in [2.24, 2.45) is 12.5 Å². The van der Waals surface area contributed by atoms with E-state index >= 15 is 0 Å². The zero-order valence-electron chi connectivity index (χ0n) is 15.2. The van der Waals surface area contributed by atoms with E-state index in [4.69, 9.17) is 0 Å². The van der Waals surface area contributed by atoms with E-state index in [0.717, 1.165) is 42.8 Å². The molecule has 0 N–H and O–H groups in total. The molecule has 2 heterocycles. The Morgan fingerprint density at radius 3 is 2.50 bits per heavy atom.